The minimum atomic E-state index is -1.31. The van der Waals surface area contributed by atoms with Crippen molar-refractivity contribution < 1.29 is 29.1 Å². The largest absolute Gasteiger partial charge is 0.480 e. The van der Waals surface area contributed by atoms with Crippen LogP contribution in [0.25, 0.3) is 0 Å². The zero-order chi connectivity index (χ0) is 22.7. The molecular weight excluding hydrogens is 382 g/mol. The molecule has 0 bridgehead atoms. The van der Waals surface area contributed by atoms with Gasteiger partial charge in [0, 0.05) is 0 Å². The summed E-state index contributed by atoms with van der Waals surface area (Å²) >= 11 is 0. The van der Waals surface area contributed by atoms with E-state index in [1.807, 2.05) is 27.7 Å². The number of hydrogen-bond acceptors (Lipinski definition) is 6. The van der Waals surface area contributed by atoms with Crippen molar-refractivity contribution in [3.8, 4) is 0 Å². The Bertz CT molecular complexity index is 608. The van der Waals surface area contributed by atoms with Crippen molar-refractivity contribution in [2.24, 2.45) is 23.3 Å². The summed E-state index contributed by atoms with van der Waals surface area (Å²) in [6.07, 6.45) is 0.128. The van der Waals surface area contributed by atoms with Gasteiger partial charge in [0.05, 0.1) is 12.5 Å². The van der Waals surface area contributed by atoms with E-state index in [2.05, 4.69) is 16.0 Å². The van der Waals surface area contributed by atoms with E-state index in [0.717, 1.165) is 0 Å². The minimum Gasteiger partial charge on any atom is -0.480 e. The third-order valence-electron chi connectivity index (χ3n) is 3.85. The van der Waals surface area contributed by atoms with Gasteiger partial charge in [0.25, 0.3) is 0 Å². The first-order valence-electron chi connectivity index (χ1n) is 9.47. The van der Waals surface area contributed by atoms with Crippen molar-refractivity contribution in [3.63, 3.8) is 0 Å². The van der Waals surface area contributed by atoms with Crippen molar-refractivity contribution in [2.45, 2.75) is 65.1 Å². The van der Waals surface area contributed by atoms with Crippen LogP contribution in [0, 0.1) is 11.8 Å². The molecule has 0 aliphatic rings. The maximum absolute atomic E-state index is 12.6. The predicted molar refractivity (Wildman–Crippen MR) is 105 cm³/mol. The van der Waals surface area contributed by atoms with Crippen molar-refractivity contribution in [2.75, 3.05) is 6.54 Å². The normalized spacial score (nSPS) is 14.0. The van der Waals surface area contributed by atoms with Gasteiger partial charge in [-0.1, -0.05) is 27.7 Å². The molecule has 0 aliphatic carbocycles. The van der Waals surface area contributed by atoms with Crippen LogP contribution in [0.2, 0.25) is 0 Å². The zero-order valence-electron chi connectivity index (χ0n) is 17.4. The molecule has 11 heteroatoms. The van der Waals surface area contributed by atoms with Gasteiger partial charge in [0.2, 0.25) is 23.6 Å². The van der Waals surface area contributed by atoms with E-state index in [4.69, 9.17) is 16.6 Å². The highest BCUT2D eigenvalue weighted by Gasteiger charge is 2.29. The topological polar surface area (TPSA) is 194 Å². The number of carbonyl (C=O) groups is 5. The second-order valence-electron chi connectivity index (χ2n) is 7.77. The highest BCUT2D eigenvalue weighted by atomic mass is 16.4. The number of aliphatic carboxylic acids is 1. The molecule has 0 heterocycles. The summed E-state index contributed by atoms with van der Waals surface area (Å²) in [5.74, 6) is -3.99. The zero-order valence-corrected chi connectivity index (χ0v) is 17.4. The van der Waals surface area contributed by atoms with Gasteiger partial charge in [-0.2, -0.15) is 0 Å². The van der Waals surface area contributed by atoms with E-state index in [0.29, 0.717) is 6.42 Å². The molecule has 29 heavy (non-hydrogen) atoms. The fraction of sp³-hybridized carbons (Fsp3) is 0.722. The summed E-state index contributed by atoms with van der Waals surface area (Å²) in [5.41, 5.74) is 11.0. The fourth-order valence-corrected chi connectivity index (χ4v) is 2.57. The number of nitrogens with one attached hydrogen (secondary N) is 3. The number of carbonyl (C=O) groups excluding carboxylic acids is 4. The minimum absolute atomic E-state index is 0.000441. The van der Waals surface area contributed by atoms with Gasteiger partial charge in [0.1, 0.15) is 18.6 Å². The molecule has 8 N–H and O–H groups in total. The van der Waals surface area contributed by atoms with E-state index < -0.39 is 60.7 Å². The van der Waals surface area contributed by atoms with Crippen LogP contribution in [0.1, 0.15) is 47.0 Å². The lowest BCUT2D eigenvalue weighted by atomic mass is 10.0. The van der Waals surface area contributed by atoms with Crippen LogP contribution in [0.4, 0.5) is 0 Å². The van der Waals surface area contributed by atoms with Gasteiger partial charge in [-0.25, -0.2) is 0 Å². The summed E-state index contributed by atoms with van der Waals surface area (Å²) in [7, 11) is 0. The lowest BCUT2D eigenvalue weighted by Gasteiger charge is -2.24. The summed E-state index contributed by atoms with van der Waals surface area (Å²) in [6.45, 7) is 6.79. The first-order chi connectivity index (χ1) is 13.3. The molecule has 0 radical (unpaired) electrons. The molecule has 0 aliphatic heterocycles. The Morgan fingerprint density at radius 2 is 1.34 bits per heavy atom. The highest BCUT2D eigenvalue weighted by molar-refractivity contribution is 5.95. The number of rotatable bonds is 13. The number of nitrogens with two attached hydrogens (primary N) is 2. The number of carboxylic acid groups (broad SMARTS) is 1. The molecule has 4 amide bonds. The Morgan fingerprint density at radius 1 is 0.828 bits per heavy atom. The Hall–Kier alpha value is -2.69. The molecule has 11 nitrogen and oxygen atoms in total. The van der Waals surface area contributed by atoms with Crippen LogP contribution in [-0.2, 0) is 24.0 Å². The van der Waals surface area contributed by atoms with Crippen LogP contribution in [-0.4, -0.2) is 59.4 Å². The van der Waals surface area contributed by atoms with Crippen molar-refractivity contribution in [1.82, 2.24) is 16.0 Å². The van der Waals surface area contributed by atoms with Crippen LogP contribution in [0.15, 0.2) is 0 Å². The number of primary amides is 1. The lowest BCUT2D eigenvalue weighted by Crippen LogP contribution is -2.57. The molecule has 0 fully saturated rings. The quantitative estimate of drug-likeness (QED) is 0.209. The molecular formula is C18H33N5O6. The van der Waals surface area contributed by atoms with Gasteiger partial charge in [-0.15, -0.1) is 0 Å². The Labute approximate surface area is 170 Å². The van der Waals surface area contributed by atoms with Gasteiger partial charge in [-0.3, -0.25) is 24.0 Å². The van der Waals surface area contributed by atoms with Gasteiger partial charge in [0.15, 0.2) is 0 Å². The molecule has 3 unspecified atom stereocenters. The number of carboxylic acids is 1. The van der Waals surface area contributed by atoms with Crippen molar-refractivity contribution in [3.05, 3.63) is 0 Å². The van der Waals surface area contributed by atoms with Crippen LogP contribution in [0.3, 0.4) is 0 Å². The summed E-state index contributed by atoms with van der Waals surface area (Å²) in [5, 5.41) is 15.8. The van der Waals surface area contributed by atoms with Gasteiger partial charge >= 0.3 is 5.97 Å². The van der Waals surface area contributed by atoms with Crippen LogP contribution >= 0.6 is 0 Å². The molecule has 3 atom stereocenters. The van der Waals surface area contributed by atoms with Crippen molar-refractivity contribution >= 4 is 29.6 Å². The van der Waals surface area contributed by atoms with Crippen LogP contribution in [0.5, 0.6) is 0 Å². The standard InChI is InChI=1S/C18H33N5O6/c1-9(2)5-11(19)16(27)22-13(7-14(20)24)18(29)23-12(6-10(3)4)17(28)21-8-15(25)26/h9-13H,5-8,19H2,1-4H3,(H2,20,24)(H,21,28)(H,22,27)(H,23,29)(H,25,26). The summed E-state index contributed by atoms with van der Waals surface area (Å²) < 4.78 is 0. The Kier molecular flexibility index (Phi) is 11.5. The fourth-order valence-electron chi connectivity index (χ4n) is 2.57. The molecule has 0 aromatic heterocycles. The third kappa shape index (κ3) is 11.7. The second kappa shape index (κ2) is 12.7. The van der Waals surface area contributed by atoms with Gasteiger partial charge in [-0.05, 0) is 24.7 Å². The molecule has 0 spiro atoms. The highest BCUT2D eigenvalue weighted by Crippen LogP contribution is 2.07. The molecule has 0 aromatic rings. The average Bonchev–Trinajstić information content (AvgIpc) is 2.56. The van der Waals surface area contributed by atoms with E-state index >= 15 is 0 Å². The summed E-state index contributed by atoms with van der Waals surface area (Å²) in [4.78, 5) is 59.1. The number of hydrogen-bond donors (Lipinski definition) is 6. The maximum Gasteiger partial charge on any atom is 0.322 e. The smallest absolute Gasteiger partial charge is 0.322 e. The molecule has 0 saturated carbocycles. The summed E-state index contributed by atoms with van der Waals surface area (Å²) in [6, 6.07) is -3.22. The molecule has 166 valence electrons. The first kappa shape index (κ1) is 26.3. The SMILES string of the molecule is CC(C)CC(N)C(=O)NC(CC(N)=O)C(=O)NC(CC(C)C)C(=O)NCC(=O)O. The predicted octanol–water partition coefficient (Wildman–Crippen LogP) is -1.55. The van der Waals surface area contributed by atoms with Crippen LogP contribution < -0.4 is 27.4 Å². The average molecular weight is 415 g/mol. The third-order valence-corrected chi connectivity index (χ3v) is 3.85. The monoisotopic (exact) mass is 415 g/mol. The maximum atomic E-state index is 12.6. The van der Waals surface area contributed by atoms with E-state index in [1.165, 1.54) is 0 Å². The van der Waals surface area contributed by atoms with E-state index in [1.54, 1.807) is 0 Å². The number of amides is 4. The Morgan fingerprint density at radius 3 is 1.79 bits per heavy atom. The molecule has 0 rings (SSSR count). The van der Waals surface area contributed by atoms with E-state index in [9.17, 15) is 24.0 Å². The second-order valence-corrected chi connectivity index (χ2v) is 7.77. The molecule has 0 saturated heterocycles. The first-order valence-corrected chi connectivity index (χ1v) is 9.47. The lowest BCUT2D eigenvalue weighted by molar-refractivity contribution is -0.139. The van der Waals surface area contributed by atoms with Crippen molar-refractivity contribution in [1.29, 1.82) is 0 Å². The Balaban J connectivity index is 5.26. The molecule has 0 aromatic carbocycles. The van der Waals surface area contributed by atoms with Gasteiger partial charge < -0.3 is 32.5 Å². The van der Waals surface area contributed by atoms with E-state index in [-0.39, 0.29) is 18.3 Å².